The highest BCUT2D eigenvalue weighted by molar-refractivity contribution is 5.80. The largest absolute Gasteiger partial charge is 0.347 e. The first-order chi connectivity index (χ1) is 8.08. The molecule has 0 fully saturated rings. The lowest BCUT2D eigenvalue weighted by Crippen LogP contribution is -2.37. The standard InChI is InChI=1S/C11H15N5O/c1-4-16(8-11(17)15(2)3)10-7-13-9(5-12)6-14-10/h6-7H,4,8H2,1-3H3. The van der Waals surface area contributed by atoms with E-state index in [-0.39, 0.29) is 18.1 Å². The Morgan fingerprint density at radius 2 is 2.12 bits per heavy atom. The molecule has 0 radical (unpaired) electrons. The fourth-order valence-electron chi connectivity index (χ4n) is 1.20. The minimum Gasteiger partial charge on any atom is -0.347 e. The summed E-state index contributed by atoms with van der Waals surface area (Å²) < 4.78 is 0. The molecule has 0 aliphatic rings. The average Bonchev–Trinajstić information content (AvgIpc) is 2.35. The third-order valence-corrected chi connectivity index (χ3v) is 2.28. The van der Waals surface area contributed by atoms with Crippen molar-refractivity contribution in [3.8, 4) is 6.07 Å². The number of hydrogen-bond donors (Lipinski definition) is 0. The first kappa shape index (κ1) is 12.9. The van der Waals surface area contributed by atoms with E-state index in [0.717, 1.165) is 0 Å². The Hall–Kier alpha value is -2.16. The van der Waals surface area contributed by atoms with Crippen LogP contribution in [0.5, 0.6) is 0 Å². The van der Waals surface area contributed by atoms with Crippen molar-refractivity contribution < 1.29 is 4.79 Å². The highest BCUT2D eigenvalue weighted by atomic mass is 16.2. The normalized spacial score (nSPS) is 9.53. The van der Waals surface area contributed by atoms with Crippen molar-refractivity contribution in [2.24, 2.45) is 0 Å². The summed E-state index contributed by atoms with van der Waals surface area (Å²) >= 11 is 0. The van der Waals surface area contributed by atoms with Crippen molar-refractivity contribution in [3.63, 3.8) is 0 Å². The Morgan fingerprint density at radius 1 is 1.41 bits per heavy atom. The van der Waals surface area contributed by atoms with E-state index in [1.54, 1.807) is 19.0 Å². The molecule has 1 aromatic heterocycles. The van der Waals surface area contributed by atoms with Gasteiger partial charge in [-0.05, 0) is 6.92 Å². The molecule has 1 rings (SSSR count). The average molecular weight is 233 g/mol. The van der Waals surface area contributed by atoms with Gasteiger partial charge in [-0.2, -0.15) is 5.26 Å². The molecule has 0 saturated carbocycles. The maximum absolute atomic E-state index is 11.6. The minimum atomic E-state index is -0.00184. The fourth-order valence-corrected chi connectivity index (χ4v) is 1.20. The number of amides is 1. The minimum absolute atomic E-state index is 0.00184. The van der Waals surface area contributed by atoms with Crippen molar-refractivity contribution >= 4 is 11.7 Å². The predicted octanol–water partition coefficient (Wildman–Crippen LogP) is 0.263. The van der Waals surface area contributed by atoms with Crippen LogP contribution in [0.15, 0.2) is 12.4 Å². The van der Waals surface area contributed by atoms with E-state index in [0.29, 0.717) is 12.4 Å². The van der Waals surface area contributed by atoms with Crippen molar-refractivity contribution in [2.45, 2.75) is 6.92 Å². The zero-order valence-corrected chi connectivity index (χ0v) is 10.2. The first-order valence-corrected chi connectivity index (χ1v) is 5.25. The van der Waals surface area contributed by atoms with Gasteiger partial charge >= 0.3 is 0 Å². The lowest BCUT2D eigenvalue weighted by atomic mass is 10.4. The maximum atomic E-state index is 11.6. The van der Waals surface area contributed by atoms with Crippen LogP contribution in [0.4, 0.5) is 5.82 Å². The Labute approximate surface area is 100 Å². The summed E-state index contributed by atoms with van der Waals surface area (Å²) in [5, 5.41) is 8.62. The van der Waals surface area contributed by atoms with E-state index in [1.807, 2.05) is 13.0 Å². The fraction of sp³-hybridized carbons (Fsp3) is 0.455. The molecule has 0 bridgehead atoms. The van der Waals surface area contributed by atoms with E-state index >= 15 is 0 Å². The second-order valence-corrected chi connectivity index (χ2v) is 3.67. The number of aromatic nitrogens is 2. The molecule has 0 spiro atoms. The molecule has 0 saturated heterocycles. The van der Waals surface area contributed by atoms with Crippen LogP contribution in [0.1, 0.15) is 12.6 Å². The van der Waals surface area contributed by atoms with E-state index < -0.39 is 0 Å². The Kier molecular flexibility index (Phi) is 4.40. The molecule has 1 amide bonds. The second-order valence-electron chi connectivity index (χ2n) is 3.67. The molecule has 0 aliphatic carbocycles. The lowest BCUT2D eigenvalue weighted by Gasteiger charge is -2.22. The summed E-state index contributed by atoms with van der Waals surface area (Å²) in [5.41, 5.74) is 0.267. The smallest absolute Gasteiger partial charge is 0.241 e. The molecule has 1 heterocycles. The number of likely N-dealkylation sites (N-methyl/N-ethyl adjacent to an activating group) is 2. The van der Waals surface area contributed by atoms with Crippen molar-refractivity contribution in [2.75, 3.05) is 32.1 Å². The van der Waals surface area contributed by atoms with Crippen molar-refractivity contribution in [3.05, 3.63) is 18.1 Å². The molecular weight excluding hydrogens is 218 g/mol. The van der Waals surface area contributed by atoms with Gasteiger partial charge in [-0.1, -0.05) is 0 Å². The van der Waals surface area contributed by atoms with Crippen molar-refractivity contribution in [1.82, 2.24) is 14.9 Å². The van der Waals surface area contributed by atoms with Gasteiger partial charge in [0.1, 0.15) is 11.9 Å². The topological polar surface area (TPSA) is 73.1 Å². The lowest BCUT2D eigenvalue weighted by molar-refractivity contribution is -0.127. The van der Waals surface area contributed by atoms with Crippen LogP contribution < -0.4 is 4.90 Å². The second kappa shape index (κ2) is 5.80. The van der Waals surface area contributed by atoms with Crippen LogP contribution >= 0.6 is 0 Å². The molecule has 0 aliphatic heterocycles. The molecule has 17 heavy (non-hydrogen) atoms. The van der Waals surface area contributed by atoms with E-state index in [9.17, 15) is 4.79 Å². The Balaban J connectivity index is 2.80. The van der Waals surface area contributed by atoms with Gasteiger partial charge in [0, 0.05) is 20.6 Å². The van der Waals surface area contributed by atoms with Gasteiger partial charge < -0.3 is 9.80 Å². The molecule has 0 atom stereocenters. The molecule has 6 heteroatoms. The highest BCUT2D eigenvalue weighted by Crippen LogP contribution is 2.08. The van der Waals surface area contributed by atoms with Crippen LogP contribution in [-0.4, -0.2) is 48.0 Å². The number of rotatable bonds is 4. The first-order valence-electron chi connectivity index (χ1n) is 5.25. The molecular formula is C11H15N5O. The van der Waals surface area contributed by atoms with Gasteiger partial charge in [0.2, 0.25) is 5.91 Å². The van der Waals surface area contributed by atoms with Crippen LogP contribution in [0.25, 0.3) is 0 Å². The summed E-state index contributed by atoms with van der Waals surface area (Å²) in [7, 11) is 3.42. The zero-order valence-electron chi connectivity index (χ0n) is 10.2. The summed E-state index contributed by atoms with van der Waals surface area (Å²) in [5.74, 6) is 0.597. The highest BCUT2D eigenvalue weighted by Gasteiger charge is 2.12. The van der Waals surface area contributed by atoms with E-state index in [2.05, 4.69) is 9.97 Å². The van der Waals surface area contributed by atoms with Crippen LogP contribution in [-0.2, 0) is 4.79 Å². The number of nitrogens with zero attached hydrogens (tertiary/aromatic N) is 5. The van der Waals surface area contributed by atoms with Gasteiger partial charge in [-0.3, -0.25) is 4.79 Å². The number of nitriles is 1. The monoisotopic (exact) mass is 233 g/mol. The summed E-state index contributed by atoms with van der Waals surface area (Å²) in [6.45, 7) is 2.84. The number of carbonyl (C=O) groups excluding carboxylic acids is 1. The summed E-state index contributed by atoms with van der Waals surface area (Å²) in [6, 6.07) is 1.90. The summed E-state index contributed by atoms with van der Waals surface area (Å²) in [4.78, 5) is 23.0. The number of carbonyl (C=O) groups is 1. The van der Waals surface area contributed by atoms with Crippen LogP contribution in [0, 0.1) is 11.3 Å². The molecule has 0 aromatic carbocycles. The van der Waals surface area contributed by atoms with E-state index in [4.69, 9.17) is 5.26 Å². The Morgan fingerprint density at radius 3 is 2.53 bits per heavy atom. The van der Waals surface area contributed by atoms with Gasteiger partial charge in [-0.15, -0.1) is 0 Å². The third-order valence-electron chi connectivity index (χ3n) is 2.28. The van der Waals surface area contributed by atoms with E-state index in [1.165, 1.54) is 17.3 Å². The quantitative estimate of drug-likeness (QED) is 0.746. The van der Waals surface area contributed by atoms with Gasteiger partial charge in [0.05, 0.1) is 18.9 Å². The zero-order chi connectivity index (χ0) is 12.8. The Bertz CT molecular complexity index is 420. The molecule has 1 aromatic rings. The number of anilines is 1. The van der Waals surface area contributed by atoms with Crippen LogP contribution in [0.2, 0.25) is 0 Å². The predicted molar refractivity (Wildman–Crippen MR) is 63.3 cm³/mol. The molecule has 0 unspecified atom stereocenters. The molecule has 90 valence electrons. The summed E-state index contributed by atoms with van der Waals surface area (Å²) in [6.07, 6.45) is 2.91. The third kappa shape index (κ3) is 3.41. The SMILES string of the molecule is CCN(CC(=O)N(C)C)c1cnc(C#N)cn1. The molecule has 0 N–H and O–H groups in total. The van der Waals surface area contributed by atoms with Gasteiger partial charge in [0.15, 0.2) is 5.69 Å². The number of hydrogen-bond acceptors (Lipinski definition) is 5. The molecule has 6 nitrogen and oxygen atoms in total. The van der Waals surface area contributed by atoms with Gasteiger partial charge in [0.25, 0.3) is 0 Å². The van der Waals surface area contributed by atoms with Gasteiger partial charge in [-0.25, -0.2) is 9.97 Å². The maximum Gasteiger partial charge on any atom is 0.241 e. The van der Waals surface area contributed by atoms with Crippen molar-refractivity contribution in [1.29, 1.82) is 5.26 Å². The van der Waals surface area contributed by atoms with Crippen LogP contribution in [0.3, 0.4) is 0 Å².